The van der Waals surface area contributed by atoms with Gasteiger partial charge >= 0.3 is 6.18 Å². The van der Waals surface area contributed by atoms with E-state index in [0.29, 0.717) is 0 Å². The van der Waals surface area contributed by atoms with E-state index in [2.05, 4.69) is 36.7 Å². The van der Waals surface area contributed by atoms with Gasteiger partial charge in [-0.3, -0.25) is 0 Å². The van der Waals surface area contributed by atoms with Crippen LogP contribution in [0.15, 0.2) is 24.3 Å². The Hall–Kier alpha value is -0.510. The van der Waals surface area contributed by atoms with E-state index in [9.17, 15) is 13.2 Å². The lowest BCUT2D eigenvalue weighted by Crippen LogP contribution is -2.17. The molecule has 96 valence electrons. The number of benzene rings is 1. The third-order valence-electron chi connectivity index (χ3n) is 3.16. The van der Waals surface area contributed by atoms with Gasteiger partial charge in [-0.15, -0.1) is 0 Å². The summed E-state index contributed by atoms with van der Waals surface area (Å²) < 4.78 is 37.5. The van der Waals surface area contributed by atoms with Gasteiger partial charge in [0.25, 0.3) is 0 Å². The minimum atomic E-state index is -4.25. The molecule has 0 aliphatic heterocycles. The normalized spacial score (nSPS) is 14.8. The zero-order valence-corrected chi connectivity index (χ0v) is 11.7. The fraction of sp³-hybridized carbons (Fsp3) is 0.538. The van der Waals surface area contributed by atoms with Crippen LogP contribution < -0.4 is 0 Å². The van der Waals surface area contributed by atoms with Gasteiger partial charge in [0.1, 0.15) is 4.83 Å². The lowest BCUT2D eigenvalue weighted by Gasteiger charge is -2.24. The molecule has 1 aromatic carbocycles. The largest absolute Gasteiger partial charge is 0.405 e. The summed E-state index contributed by atoms with van der Waals surface area (Å²) in [5.74, 6) is 0. The van der Waals surface area contributed by atoms with Crippen molar-refractivity contribution < 1.29 is 13.2 Å². The predicted molar refractivity (Wildman–Crippen MR) is 67.5 cm³/mol. The van der Waals surface area contributed by atoms with Crippen molar-refractivity contribution in [2.24, 2.45) is 0 Å². The van der Waals surface area contributed by atoms with E-state index in [1.54, 1.807) is 24.3 Å². The Balaban J connectivity index is 2.97. The molecule has 0 amide bonds. The van der Waals surface area contributed by atoms with Crippen molar-refractivity contribution in [1.82, 2.24) is 0 Å². The molecule has 0 bridgehead atoms. The molecule has 0 aliphatic rings. The maximum Gasteiger partial charge on any atom is 0.405 e. The second-order valence-electron chi connectivity index (χ2n) is 4.76. The summed E-state index contributed by atoms with van der Waals surface area (Å²) in [5.41, 5.74) is 1.30. The van der Waals surface area contributed by atoms with Crippen molar-refractivity contribution in [1.29, 1.82) is 0 Å². The molecule has 4 heteroatoms. The monoisotopic (exact) mass is 308 g/mol. The molecule has 0 nitrogen and oxygen atoms in total. The molecule has 1 unspecified atom stereocenters. The highest BCUT2D eigenvalue weighted by Crippen LogP contribution is 2.40. The SMILES string of the molecule is CCC(C)(C)c1ccc(C(Br)C(F)(F)F)cc1. The Labute approximate surface area is 108 Å². The van der Waals surface area contributed by atoms with Gasteiger partial charge in [-0.1, -0.05) is 61.0 Å². The number of hydrogen-bond donors (Lipinski definition) is 0. The second kappa shape index (κ2) is 5.01. The molecule has 0 radical (unpaired) electrons. The molecular formula is C13H16BrF3. The van der Waals surface area contributed by atoms with Crippen LogP contribution in [-0.2, 0) is 5.41 Å². The molecule has 0 saturated carbocycles. The summed E-state index contributed by atoms with van der Waals surface area (Å²) in [7, 11) is 0. The summed E-state index contributed by atoms with van der Waals surface area (Å²) in [6, 6.07) is 6.64. The molecule has 0 aromatic heterocycles. The summed E-state index contributed by atoms with van der Waals surface area (Å²) in [5, 5.41) is 0. The van der Waals surface area contributed by atoms with Crippen molar-refractivity contribution in [2.75, 3.05) is 0 Å². The Morgan fingerprint density at radius 1 is 1.12 bits per heavy atom. The molecule has 0 N–H and O–H groups in total. The maximum absolute atomic E-state index is 12.5. The minimum absolute atomic E-state index is 0.00142. The molecule has 1 rings (SSSR count). The van der Waals surface area contributed by atoms with Crippen molar-refractivity contribution in [3.63, 3.8) is 0 Å². The number of rotatable bonds is 3. The van der Waals surface area contributed by atoms with E-state index in [0.717, 1.165) is 12.0 Å². The van der Waals surface area contributed by atoms with Gasteiger partial charge in [0.2, 0.25) is 0 Å². The molecule has 0 fully saturated rings. The lowest BCUT2D eigenvalue weighted by atomic mass is 9.82. The zero-order chi connectivity index (χ0) is 13.3. The highest BCUT2D eigenvalue weighted by molar-refractivity contribution is 9.09. The third-order valence-corrected chi connectivity index (χ3v) is 4.20. The minimum Gasteiger partial charge on any atom is -0.169 e. The Morgan fingerprint density at radius 3 is 1.94 bits per heavy atom. The van der Waals surface area contributed by atoms with E-state index in [1.807, 2.05) is 0 Å². The number of halogens is 4. The summed E-state index contributed by atoms with van der Waals surface area (Å²) in [4.78, 5) is -1.59. The van der Waals surface area contributed by atoms with Crippen LogP contribution in [0.3, 0.4) is 0 Å². The van der Waals surface area contributed by atoms with Crippen LogP contribution in [0, 0.1) is 0 Å². The fourth-order valence-corrected chi connectivity index (χ4v) is 1.80. The maximum atomic E-state index is 12.5. The Morgan fingerprint density at radius 2 is 1.59 bits per heavy atom. The van der Waals surface area contributed by atoms with Crippen LogP contribution in [0.2, 0.25) is 0 Å². The van der Waals surface area contributed by atoms with E-state index in [-0.39, 0.29) is 11.0 Å². The van der Waals surface area contributed by atoms with Gasteiger partial charge in [-0.2, -0.15) is 13.2 Å². The van der Waals surface area contributed by atoms with Gasteiger partial charge < -0.3 is 0 Å². The summed E-state index contributed by atoms with van der Waals surface area (Å²) in [6.07, 6.45) is -3.30. The zero-order valence-electron chi connectivity index (χ0n) is 10.1. The molecule has 0 heterocycles. The number of hydrogen-bond acceptors (Lipinski definition) is 0. The first-order valence-corrected chi connectivity index (χ1v) is 6.41. The van der Waals surface area contributed by atoms with Crippen LogP contribution in [0.4, 0.5) is 13.2 Å². The van der Waals surface area contributed by atoms with Crippen LogP contribution >= 0.6 is 15.9 Å². The summed E-state index contributed by atoms with van der Waals surface area (Å²) >= 11 is 2.67. The number of alkyl halides is 4. The highest BCUT2D eigenvalue weighted by atomic mass is 79.9. The Kier molecular flexibility index (Phi) is 4.28. The molecule has 0 saturated heterocycles. The van der Waals surface area contributed by atoms with Gasteiger partial charge in [0.15, 0.2) is 0 Å². The van der Waals surface area contributed by atoms with Crippen molar-refractivity contribution in [3.05, 3.63) is 35.4 Å². The Bertz CT molecular complexity index is 365. The van der Waals surface area contributed by atoms with E-state index in [4.69, 9.17) is 0 Å². The third kappa shape index (κ3) is 3.47. The van der Waals surface area contributed by atoms with Crippen LogP contribution in [-0.4, -0.2) is 6.18 Å². The first-order chi connectivity index (χ1) is 7.68. The molecule has 0 spiro atoms. The first kappa shape index (κ1) is 14.6. The van der Waals surface area contributed by atoms with Crippen LogP contribution in [0.1, 0.15) is 43.1 Å². The van der Waals surface area contributed by atoms with Crippen molar-refractivity contribution in [2.45, 2.75) is 43.6 Å². The summed E-state index contributed by atoms with van der Waals surface area (Å²) in [6.45, 7) is 6.23. The smallest absolute Gasteiger partial charge is 0.169 e. The molecule has 0 aliphatic carbocycles. The van der Waals surface area contributed by atoms with Crippen LogP contribution in [0.25, 0.3) is 0 Å². The van der Waals surface area contributed by atoms with E-state index >= 15 is 0 Å². The molecule has 17 heavy (non-hydrogen) atoms. The standard InChI is InChI=1S/C13H16BrF3/c1-4-12(2,3)10-7-5-9(6-8-10)11(14)13(15,16)17/h5-8,11H,4H2,1-3H3. The van der Waals surface area contributed by atoms with Gasteiger partial charge in [0, 0.05) is 0 Å². The second-order valence-corrected chi connectivity index (χ2v) is 5.68. The predicted octanol–water partition coefficient (Wildman–Crippen LogP) is 5.37. The highest BCUT2D eigenvalue weighted by Gasteiger charge is 2.38. The van der Waals surface area contributed by atoms with Gasteiger partial charge in [0.05, 0.1) is 0 Å². The van der Waals surface area contributed by atoms with Crippen LogP contribution in [0.5, 0.6) is 0 Å². The molecular weight excluding hydrogens is 293 g/mol. The van der Waals surface area contributed by atoms with Crippen molar-refractivity contribution in [3.8, 4) is 0 Å². The lowest BCUT2D eigenvalue weighted by molar-refractivity contribution is -0.128. The topological polar surface area (TPSA) is 0 Å². The van der Waals surface area contributed by atoms with Crippen molar-refractivity contribution >= 4 is 15.9 Å². The van der Waals surface area contributed by atoms with Gasteiger partial charge in [-0.25, -0.2) is 0 Å². The van der Waals surface area contributed by atoms with E-state index < -0.39 is 11.0 Å². The quantitative estimate of drug-likeness (QED) is 0.658. The fourth-order valence-electron chi connectivity index (χ4n) is 1.50. The first-order valence-electron chi connectivity index (χ1n) is 5.49. The molecule has 1 aromatic rings. The van der Waals surface area contributed by atoms with E-state index in [1.165, 1.54) is 0 Å². The average Bonchev–Trinajstić information content (AvgIpc) is 2.27. The van der Waals surface area contributed by atoms with Gasteiger partial charge in [-0.05, 0) is 23.0 Å². The average molecular weight is 309 g/mol. The molecule has 1 atom stereocenters.